The number of nitrogens with one attached hydrogen (secondary N) is 2. The molecule has 15 heavy (non-hydrogen) atoms. The zero-order chi connectivity index (χ0) is 11.3. The lowest BCUT2D eigenvalue weighted by atomic mass is 10.1. The zero-order valence-electron chi connectivity index (χ0n) is 8.95. The van der Waals surface area contributed by atoms with Crippen LogP contribution in [0.2, 0.25) is 0 Å². The van der Waals surface area contributed by atoms with E-state index in [4.69, 9.17) is 0 Å². The smallest absolute Gasteiger partial charge is 0.216 e. The van der Waals surface area contributed by atoms with Crippen LogP contribution in [0.15, 0.2) is 0 Å². The molecule has 1 amide bonds. The fourth-order valence-electron chi connectivity index (χ4n) is 1.67. The van der Waals surface area contributed by atoms with Gasteiger partial charge in [-0.15, -0.1) is 0 Å². The lowest BCUT2D eigenvalue weighted by Crippen LogP contribution is -2.33. The summed E-state index contributed by atoms with van der Waals surface area (Å²) in [5.74, 6) is 0.832. The molecule has 1 aliphatic heterocycles. The Hall–Kier alpha value is -0.620. The van der Waals surface area contributed by atoms with Gasteiger partial charge in [-0.3, -0.25) is 4.79 Å². The standard InChI is InChI=1S/C9H18N2O3S/c1-8(12)11-4-3-10-6-9-2-5-15(13,14)7-9/h9-10H,2-7H2,1H3,(H,11,12). The van der Waals surface area contributed by atoms with Crippen molar-refractivity contribution in [3.8, 4) is 0 Å². The molecule has 88 valence electrons. The quantitative estimate of drug-likeness (QED) is 0.607. The normalized spacial score (nSPS) is 23.9. The van der Waals surface area contributed by atoms with Gasteiger partial charge in [-0.25, -0.2) is 8.42 Å². The number of sulfone groups is 1. The Bertz CT molecular complexity index is 313. The van der Waals surface area contributed by atoms with Crippen molar-refractivity contribution in [3.05, 3.63) is 0 Å². The molecule has 0 bridgehead atoms. The van der Waals surface area contributed by atoms with E-state index in [0.717, 1.165) is 13.0 Å². The van der Waals surface area contributed by atoms with Gasteiger partial charge < -0.3 is 10.6 Å². The first kappa shape index (κ1) is 12.4. The second-order valence-electron chi connectivity index (χ2n) is 3.96. The highest BCUT2D eigenvalue weighted by molar-refractivity contribution is 7.91. The van der Waals surface area contributed by atoms with Crippen LogP contribution in [-0.4, -0.2) is 45.5 Å². The first-order valence-electron chi connectivity index (χ1n) is 5.15. The highest BCUT2D eigenvalue weighted by Gasteiger charge is 2.27. The van der Waals surface area contributed by atoms with Gasteiger partial charge in [0.05, 0.1) is 11.5 Å². The molecule has 2 N–H and O–H groups in total. The SMILES string of the molecule is CC(=O)NCCNCC1CCS(=O)(=O)C1. The highest BCUT2D eigenvalue weighted by atomic mass is 32.2. The fourth-order valence-corrected chi connectivity index (χ4v) is 3.53. The average Bonchev–Trinajstić information content (AvgIpc) is 2.44. The summed E-state index contributed by atoms with van der Waals surface area (Å²) in [6.45, 7) is 3.48. The largest absolute Gasteiger partial charge is 0.355 e. The maximum Gasteiger partial charge on any atom is 0.216 e. The highest BCUT2D eigenvalue weighted by Crippen LogP contribution is 2.16. The van der Waals surface area contributed by atoms with E-state index in [1.807, 2.05) is 0 Å². The van der Waals surface area contributed by atoms with Gasteiger partial charge in [0.15, 0.2) is 9.84 Å². The Labute approximate surface area is 90.5 Å². The molecule has 0 radical (unpaired) electrons. The second-order valence-corrected chi connectivity index (χ2v) is 6.18. The molecule has 0 aliphatic carbocycles. The number of amides is 1. The summed E-state index contributed by atoms with van der Waals surface area (Å²) >= 11 is 0. The summed E-state index contributed by atoms with van der Waals surface area (Å²) in [5, 5.41) is 5.81. The summed E-state index contributed by atoms with van der Waals surface area (Å²) in [4.78, 5) is 10.5. The summed E-state index contributed by atoms with van der Waals surface area (Å²) in [6.07, 6.45) is 0.759. The van der Waals surface area contributed by atoms with Crippen LogP contribution in [0.3, 0.4) is 0 Å². The third-order valence-electron chi connectivity index (χ3n) is 2.44. The van der Waals surface area contributed by atoms with Gasteiger partial charge in [0.2, 0.25) is 5.91 Å². The molecule has 0 spiro atoms. The number of hydrogen-bond donors (Lipinski definition) is 2. The van der Waals surface area contributed by atoms with E-state index < -0.39 is 9.84 Å². The van der Waals surface area contributed by atoms with Gasteiger partial charge in [-0.1, -0.05) is 0 Å². The Balaban J connectivity index is 2.04. The lowest BCUT2D eigenvalue weighted by molar-refractivity contribution is -0.118. The van der Waals surface area contributed by atoms with Crippen LogP contribution in [0, 0.1) is 5.92 Å². The molecule has 0 aromatic heterocycles. The fraction of sp³-hybridized carbons (Fsp3) is 0.889. The van der Waals surface area contributed by atoms with E-state index in [2.05, 4.69) is 10.6 Å². The molecule has 1 atom stereocenters. The molecule has 1 aliphatic rings. The van der Waals surface area contributed by atoms with Gasteiger partial charge in [-0.2, -0.15) is 0 Å². The Morgan fingerprint density at radius 2 is 2.13 bits per heavy atom. The summed E-state index contributed by atoms with van der Waals surface area (Å²) in [6, 6.07) is 0. The Kier molecular flexibility index (Phi) is 4.53. The minimum atomic E-state index is -2.76. The van der Waals surface area contributed by atoms with Crippen molar-refractivity contribution in [2.24, 2.45) is 5.92 Å². The predicted molar refractivity (Wildman–Crippen MR) is 58.3 cm³/mol. The first-order valence-corrected chi connectivity index (χ1v) is 6.97. The van der Waals surface area contributed by atoms with Gasteiger partial charge in [-0.05, 0) is 18.9 Å². The average molecular weight is 234 g/mol. The maximum atomic E-state index is 11.1. The van der Waals surface area contributed by atoms with Gasteiger partial charge >= 0.3 is 0 Å². The van der Waals surface area contributed by atoms with Crippen LogP contribution in [-0.2, 0) is 14.6 Å². The third kappa shape index (κ3) is 5.13. The number of hydrogen-bond acceptors (Lipinski definition) is 4. The monoisotopic (exact) mass is 234 g/mol. The summed E-state index contributed by atoms with van der Waals surface area (Å²) in [5.41, 5.74) is 0. The molecule has 0 aromatic rings. The minimum absolute atomic E-state index is 0.0414. The lowest BCUT2D eigenvalue weighted by Gasteiger charge is -2.09. The van der Waals surface area contributed by atoms with Crippen molar-refractivity contribution in [2.45, 2.75) is 13.3 Å². The number of carbonyl (C=O) groups excluding carboxylic acids is 1. The van der Waals surface area contributed by atoms with E-state index in [9.17, 15) is 13.2 Å². The molecule has 1 fully saturated rings. The predicted octanol–water partition coefficient (Wildman–Crippen LogP) is -0.853. The van der Waals surface area contributed by atoms with Crippen LogP contribution in [0.5, 0.6) is 0 Å². The van der Waals surface area contributed by atoms with E-state index in [1.165, 1.54) is 6.92 Å². The van der Waals surface area contributed by atoms with E-state index in [1.54, 1.807) is 0 Å². The molecule has 1 rings (SSSR count). The first-order chi connectivity index (χ1) is 6.99. The summed E-state index contributed by atoms with van der Waals surface area (Å²) < 4.78 is 22.3. The molecule has 0 aromatic carbocycles. The molecule has 5 nitrogen and oxygen atoms in total. The molecular weight excluding hydrogens is 216 g/mol. The molecule has 1 saturated heterocycles. The number of carbonyl (C=O) groups is 1. The van der Waals surface area contributed by atoms with Crippen molar-refractivity contribution in [2.75, 3.05) is 31.1 Å². The van der Waals surface area contributed by atoms with Crippen LogP contribution in [0.4, 0.5) is 0 Å². The van der Waals surface area contributed by atoms with Crippen LogP contribution in [0.25, 0.3) is 0 Å². The van der Waals surface area contributed by atoms with Gasteiger partial charge in [0.1, 0.15) is 0 Å². The van der Waals surface area contributed by atoms with Crippen molar-refractivity contribution in [3.63, 3.8) is 0 Å². The molecule has 0 saturated carbocycles. The second kappa shape index (κ2) is 5.46. The summed E-state index contributed by atoms with van der Waals surface area (Å²) in [7, 11) is -2.76. The van der Waals surface area contributed by atoms with Crippen molar-refractivity contribution in [1.29, 1.82) is 0 Å². The Morgan fingerprint density at radius 1 is 1.40 bits per heavy atom. The Morgan fingerprint density at radius 3 is 2.67 bits per heavy atom. The third-order valence-corrected chi connectivity index (χ3v) is 4.27. The van der Waals surface area contributed by atoms with Crippen LogP contribution < -0.4 is 10.6 Å². The maximum absolute atomic E-state index is 11.1. The topological polar surface area (TPSA) is 75.3 Å². The molecule has 6 heteroatoms. The van der Waals surface area contributed by atoms with Crippen molar-refractivity contribution in [1.82, 2.24) is 10.6 Å². The van der Waals surface area contributed by atoms with Crippen LogP contribution in [0.1, 0.15) is 13.3 Å². The number of rotatable bonds is 5. The zero-order valence-corrected chi connectivity index (χ0v) is 9.77. The van der Waals surface area contributed by atoms with Crippen molar-refractivity contribution < 1.29 is 13.2 Å². The van der Waals surface area contributed by atoms with Crippen molar-refractivity contribution >= 4 is 15.7 Å². The van der Waals surface area contributed by atoms with E-state index in [-0.39, 0.29) is 11.8 Å². The van der Waals surface area contributed by atoms with E-state index in [0.29, 0.717) is 24.6 Å². The van der Waals surface area contributed by atoms with Crippen LogP contribution >= 0.6 is 0 Å². The molecule has 1 unspecified atom stereocenters. The minimum Gasteiger partial charge on any atom is -0.355 e. The molecular formula is C9H18N2O3S. The van der Waals surface area contributed by atoms with Gasteiger partial charge in [0.25, 0.3) is 0 Å². The molecule has 1 heterocycles. The van der Waals surface area contributed by atoms with Gasteiger partial charge in [0, 0.05) is 20.0 Å². The van der Waals surface area contributed by atoms with E-state index >= 15 is 0 Å².